The highest BCUT2D eigenvalue weighted by Crippen LogP contribution is 2.06. The van der Waals surface area contributed by atoms with Gasteiger partial charge < -0.3 is 9.80 Å². The Bertz CT molecular complexity index is 235. The summed E-state index contributed by atoms with van der Waals surface area (Å²) in [6.07, 6.45) is 4.09. The second kappa shape index (κ2) is 8.48. The van der Waals surface area contributed by atoms with Crippen LogP contribution in [0.15, 0.2) is 0 Å². The summed E-state index contributed by atoms with van der Waals surface area (Å²) in [5, 5.41) is 0. The maximum atomic E-state index is 11.9. The number of hydrogen-bond donors (Lipinski definition) is 0. The number of rotatable bonds is 7. The summed E-state index contributed by atoms with van der Waals surface area (Å²) in [6.45, 7) is 8.38. The molecule has 4 heteroatoms. The highest BCUT2D eigenvalue weighted by atomic mass is 16.2. The first-order chi connectivity index (χ1) is 8.63. The summed E-state index contributed by atoms with van der Waals surface area (Å²) < 4.78 is 0. The Morgan fingerprint density at radius 1 is 1.11 bits per heavy atom. The van der Waals surface area contributed by atoms with Crippen LogP contribution in [0.1, 0.15) is 32.6 Å². The van der Waals surface area contributed by atoms with Crippen LogP contribution in [0.4, 0.5) is 0 Å². The number of piperazine rings is 1. The van der Waals surface area contributed by atoms with Crippen molar-refractivity contribution in [2.45, 2.75) is 32.6 Å². The minimum Gasteiger partial charge on any atom is -0.340 e. The van der Waals surface area contributed by atoms with Gasteiger partial charge in [-0.25, -0.2) is 0 Å². The van der Waals surface area contributed by atoms with Gasteiger partial charge >= 0.3 is 0 Å². The molecule has 4 nitrogen and oxygen atoms in total. The molecule has 0 aromatic carbocycles. The molecule has 1 aliphatic heterocycles. The van der Waals surface area contributed by atoms with Crippen molar-refractivity contribution in [3.05, 3.63) is 0 Å². The van der Waals surface area contributed by atoms with E-state index in [1.165, 1.54) is 6.42 Å². The third-order valence-corrected chi connectivity index (χ3v) is 3.55. The molecule has 0 atom stereocenters. The van der Waals surface area contributed by atoms with E-state index in [2.05, 4.69) is 30.8 Å². The van der Waals surface area contributed by atoms with Gasteiger partial charge in [-0.1, -0.05) is 13.3 Å². The van der Waals surface area contributed by atoms with Crippen LogP contribution in [0.2, 0.25) is 0 Å². The van der Waals surface area contributed by atoms with Crippen LogP contribution in [0, 0.1) is 0 Å². The molecule has 106 valence electrons. The van der Waals surface area contributed by atoms with E-state index in [-0.39, 0.29) is 0 Å². The molecule has 1 fully saturated rings. The predicted octanol–water partition coefficient (Wildman–Crippen LogP) is 1.27. The monoisotopic (exact) mass is 255 g/mol. The Labute approximate surface area is 112 Å². The summed E-state index contributed by atoms with van der Waals surface area (Å²) >= 11 is 0. The van der Waals surface area contributed by atoms with Crippen molar-refractivity contribution in [2.24, 2.45) is 0 Å². The average molecular weight is 255 g/mol. The standard InChI is InChI=1S/C14H29N3O/c1-4-5-7-14(18)17-12-10-16(11-13-17)9-6-8-15(2)3/h4-13H2,1-3H3. The molecule has 18 heavy (non-hydrogen) atoms. The van der Waals surface area contributed by atoms with Crippen molar-refractivity contribution < 1.29 is 4.79 Å². The SMILES string of the molecule is CCCCC(=O)N1CCN(CCCN(C)C)CC1. The van der Waals surface area contributed by atoms with Gasteiger partial charge in [0.05, 0.1) is 0 Å². The van der Waals surface area contributed by atoms with Crippen LogP contribution in [0.25, 0.3) is 0 Å². The molecular formula is C14H29N3O. The van der Waals surface area contributed by atoms with Crippen LogP contribution in [0.5, 0.6) is 0 Å². The number of hydrogen-bond acceptors (Lipinski definition) is 3. The van der Waals surface area contributed by atoms with E-state index in [4.69, 9.17) is 0 Å². The Kier molecular flexibility index (Phi) is 7.28. The minimum atomic E-state index is 0.352. The second-order valence-electron chi connectivity index (χ2n) is 5.48. The Balaban J connectivity index is 2.14. The van der Waals surface area contributed by atoms with Crippen LogP contribution in [-0.4, -0.2) is 74.0 Å². The highest BCUT2D eigenvalue weighted by Gasteiger charge is 2.19. The number of carbonyl (C=O) groups excluding carboxylic acids is 1. The third-order valence-electron chi connectivity index (χ3n) is 3.55. The lowest BCUT2D eigenvalue weighted by Crippen LogP contribution is -2.49. The van der Waals surface area contributed by atoms with E-state index in [0.29, 0.717) is 5.91 Å². The van der Waals surface area contributed by atoms with Gasteiger partial charge in [-0.05, 0) is 40.0 Å². The largest absolute Gasteiger partial charge is 0.340 e. The topological polar surface area (TPSA) is 26.8 Å². The van der Waals surface area contributed by atoms with Crippen molar-refractivity contribution in [2.75, 3.05) is 53.4 Å². The number of amides is 1. The first-order valence-corrected chi connectivity index (χ1v) is 7.28. The quantitative estimate of drug-likeness (QED) is 0.685. The number of carbonyl (C=O) groups is 1. The molecule has 0 aliphatic carbocycles. The van der Waals surface area contributed by atoms with Crippen molar-refractivity contribution in [1.82, 2.24) is 14.7 Å². The summed E-state index contributed by atoms with van der Waals surface area (Å²) in [5.41, 5.74) is 0. The van der Waals surface area contributed by atoms with E-state index in [1.807, 2.05) is 4.90 Å². The van der Waals surface area contributed by atoms with Gasteiger partial charge in [-0.2, -0.15) is 0 Å². The maximum Gasteiger partial charge on any atom is 0.222 e. The minimum absolute atomic E-state index is 0.352. The van der Waals surface area contributed by atoms with E-state index in [9.17, 15) is 4.79 Å². The number of nitrogens with zero attached hydrogens (tertiary/aromatic N) is 3. The third kappa shape index (κ3) is 5.83. The molecule has 0 aromatic rings. The molecule has 1 rings (SSSR count). The van der Waals surface area contributed by atoms with Crippen molar-refractivity contribution in [1.29, 1.82) is 0 Å². The van der Waals surface area contributed by atoms with Crippen molar-refractivity contribution in [3.8, 4) is 0 Å². The maximum absolute atomic E-state index is 11.9. The van der Waals surface area contributed by atoms with Gasteiger partial charge in [0.15, 0.2) is 0 Å². The first kappa shape index (κ1) is 15.4. The van der Waals surface area contributed by atoms with Gasteiger partial charge in [0.1, 0.15) is 0 Å². The summed E-state index contributed by atoms with van der Waals surface area (Å²) in [6, 6.07) is 0. The smallest absolute Gasteiger partial charge is 0.222 e. The highest BCUT2D eigenvalue weighted by molar-refractivity contribution is 5.76. The molecule has 0 N–H and O–H groups in total. The predicted molar refractivity (Wildman–Crippen MR) is 75.7 cm³/mol. The Hall–Kier alpha value is -0.610. The average Bonchev–Trinajstić information content (AvgIpc) is 2.36. The van der Waals surface area contributed by atoms with Gasteiger partial charge in [-0.15, -0.1) is 0 Å². The zero-order valence-corrected chi connectivity index (χ0v) is 12.3. The fraction of sp³-hybridized carbons (Fsp3) is 0.929. The summed E-state index contributed by atoms with van der Waals surface area (Å²) in [7, 11) is 4.23. The van der Waals surface area contributed by atoms with Crippen molar-refractivity contribution in [3.63, 3.8) is 0 Å². The fourth-order valence-corrected chi connectivity index (χ4v) is 2.32. The molecule has 1 amide bonds. The molecule has 1 aliphatic rings. The summed E-state index contributed by atoms with van der Waals surface area (Å²) in [5.74, 6) is 0.352. The molecule has 1 heterocycles. The van der Waals surface area contributed by atoms with E-state index >= 15 is 0 Å². The van der Waals surface area contributed by atoms with Crippen LogP contribution < -0.4 is 0 Å². The first-order valence-electron chi connectivity index (χ1n) is 7.28. The fourth-order valence-electron chi connectivity index (χ4n) is 2.32. The Morgan fingerprint density at radius 3 is 2.33 bits per heavy atom. The van der Waals surface area contributed by atoms with E-state index in [0.717, 1.165) is 58.5 Å². The lowest BCUT2D eigenvalue weighted by atomic mass is 10.2. The lowest BCUT2D eigenvalue weighted by molar-refractivity contribution is -0.133. The molecule has 0 bridgehead atoms. The summed E-state index contributed by atoms with van der Waals surface area (Å²) in [4.78, 5) is 18.6. The van der Waals surface area contributed by atoms with Crippen LogP contribution >= 0.6 is 0 Å². The lowest BCUT2D eigenvalue weighted by Gasteiger charge is -2.35. The molecule has 0 radical (unpaired) electrons. The number of unbranched alkanes of at least 4 members (excludes halogenated alkanes) is 1. The van der Waals surface area contributed by atoms with Gasteiger partial charge in [-0.3, -0.25) is 9.69 Å². The normalized spacial score (nSPS) is 17.4. The zero-order valence-electron chi connectivity index (χ0n) is 12.3. The van der Waals surface area contributed by atoms with Crippen LogP contribution in [0.3, 0.4) is 0 Å². The van der Waals surface area contributed by atoms with Crippen molar-refractivity contribution >= 4 is 5.91 Å². The van der Waals surface area contributed by atoms with Gasteiger partial charge in [0, 0.05) is 32.6 Å². The molecule has 0 spiro atoms. The van der Waals surface area contributed by atoms with Crippen LogP contribution in [-0.2, 0) is 4.79 Å². The zero-order chi connectivity index (χ0) is 13.4. The second-order valence-corrected chi connectivity index (χ2v) is 5.48. The molecular weight excluding hydrogens is 226 g/mol. The Morgan fingerprint density at radius 2 is 1.78 bits per heavy atom. The van der Waals surface area contributed by atoms with E-state index in [1.54, 1.807) is 0 Å². The van der Waals surface area contributed by atoms with E-state index < -0.39 is 0 Å². The molecule has 0 saturated carbocycles. The molecule has 0 aromatic heterocycles. The molecule has 1 saturated heterocycles. The molecule has 0 unspecified atom stereocenters. The van der Waals surface area contributed by atoms with Gasteiger partial charge in [0.2, 0.25) is 5.91 Å². The van der Waals surface area contributed by atoms with Gasteiger partial charge in [0.25, 0.3) is 0 Å².